The van der Waals surface area contributed by atoms with E-state index in [1.165, 1.54) is 10.2 Å². The normalized spacial score (nSPS) is 17.7. The zero-order valence-corrected chi connectivity index (χ0v) is 19.3. The topological polar surface area (TPSA) is 109 Å². The van der Waals surface area contributed by atoms with Crippen molar-refractivity contribution in [1.82, 2.24) is 39.5 Å². The number of piperazine rings is 1. The maximum Gasteiger partial charge on any atom is 0.299 e. The van der Waals surface area contributed by atoms with Gasteiger partial charge in [0.05, 0.1) is 6.20 Å². The van der Waals surface area contributed by atoms with Crippen LogP contribution >= 0.6 is 0 Å². The summed E-state index contributed by atoms with van der Waals surface area (Å²) in [5.74, 6) is 0.440. The zero-order chi connectivity index (χ0) is 23.1. The summed E-state index contributed by atoms with van der Waals surface area (Å²) in [5.41, 5.74) is 3.30. The standard InChI is InChI=1S/C23H28N10O/c1-2-30-11-13-31(14-12-30)17-9-7-16(8-10-17)25-23-24-15-19-20(26-23)32(18-5-3-4-6-18)22(34)21-27-28-29-33(19)21/h7-10,15,18H,2-6,11-14H2,1H3,(H,24,25,26). The second-order valence-corrected chi connectivity index (χ2v) is 9.02. The molecule has 1 saturated carbocycles. The molecule has 34 heavy (non-hydrogen) atoms. The van der Waals surface area contributed by atoms with E-state index in [0.29, 0.717) is 17.1 Å². The van der Waals surface area contributed by atoms with Crippen LogP contribution in [0.5, 0.6) is 0 Å². The van der Waals surface area contributed by atoms with E-state index < -0.39 is 0 Å². The molecule has 1 aliphatic heterocycles. The first kappa shape index (κ1) is 21.0. The van der Waals surface area contributed by atoms with Gasteiger partial charge in [0.2, 0.25) is 11.6 Å². The predicted octanol–water partition coefficient (Wildman–Crippen LogP) is 2.23. The van der Waals surface area contributed by atoms with Crippen molar-refractivity contribution in [3.63, 3.8) is 0 Å². The van der Waals surface area contributed by atoms with E-state index in [-0.39, 0.29) is 17.2 Å². The third kappa shape index (κ3) is 3.65. The summed E-state index contributed by atoms with van der Waals surface area (Å²) in [7, 11) is 0. The number of likely N-dealkylation sites (N-methyl/N-ethyl adjacent to an activating group) is 1. The van der Waals surface area contributed by atoms with Crippen molar-refractivity contribution < 1.29 is 0 Å². The van der Waals surface area contributed by atoms with Gasteiger partial charge in [0.25, 0.3) is 5.56 Å². The molecule has 0 amide bonds. The molecule has 1 N–H and O–H groups in total. The van der Waals surface area contributed by atoms with Gasteiger partial charge in [-0.15, -0.1) is 5.10 Å². The number of hydrogen-bond acceptors (Lipinski definition) is 9. The number of fused-ring (bicyclic) bond motifs is 3. The van der Waals surface area contributed by atoms with E-state index in [0.717, 1.165) is 64.1 Å². The smallest absolute Gasteiger partial charge is 0.299 e. The molecule has 1 aromatic carbocycles. The van der Waals surface area contributed by atoms with Crippen molar-refractivity contribution in [2.45, 2.75) is 38.6 Å². The van der Waals surface area contributed by atoms with Gasteiger partial charge < -0.3 is 15.1 Å². The molecular weight excluding hydrogens is 432 g/mol. The highest BCUT2D eigenvalue weighted by Gasteiger charge is 2.24. The second-order valence-electron chi connectivity index (χ2n) is 9.02. The Labute approximate surface area is 196 Å². The number of rotatable bonds is 5. The molecule has 6 rings (SSSR count). The van der Waals surface area contributed by atoms with Crippen LogP contribution in [0, 0.1) is 0 Å². The van der Waals surface area contributed by atoms with E-state index in [9.17, 15) is 4.79 Å². The van der Waals surface area contributed by atoms with Crippen molar-refractivity contribution in [1.29, 1.82) is 0 Å². The Balaban J connectivity index is 1.30. The minimum atomic E-state index is -0.207. The van der Waals surface area contributed by atoms with Crippen LogP contribution in [-0.4, -0.2) is 72.2 Å². The first-order valence-electron chi connectivity index (χ1n) is 12.0. The van der Waals surface area contributed by atoms with E-state index in [1.54, 1.807) is 10.8 Å². The van der Waals surface area contributed by atoms with Crippen LogP contribution in [-0.2, 0) is 0 Å². The molecule has 2 aliphatic rings. The van der Waals surface area contributed by atoms with Gasteiger partial charge in [-0.05, 0) is 54.1 Å². The summed E-state index contributed by atoms with van der Waals surface area (Å²) in [5, 5.41) is 14.9. The summed E-state index contributed by atoms with van der Waals surface area (Å²) in [4.78, 5) is 27.3. The number of nitrogens with zero attached hydrogens (tertiary/aromatic N) is 9. The SMILES string of the molecule is CCN1CCN(c2ccc(Nc3ncc4c(n3)n(C3CCCC3)c(=O)c3nnnn34)cc2)CC1. The maximum atomic E-state index is 13.2. The number of aromatic nitrogens is 7. The van der Waals surface area contributed by atoms with E-state index in [2.05, 4.69) is 54.7 Å². The fraction of sp³-hybridized carbons (Fsp3) is 0.478. The monoisotopic (exact) mass is 460 g/mol. The highest BCUT2D eigenvalue weighted by molar-refractivity contribution is 5.74. The van der Waals surface area contributed by atoms with Crippen LogP contribution in [0.4, 0.5) is 17.3 Å². The number of hydrogen-bond donors (Lipinski definition) is 1. The molecule has 1 aliphatic carbocycles. The minimum Gasteiger partial charge on any atom is -0.369 e. The van der Waals surface area contributed by atoms with Crippen molar-refractivity contribution in [2.75, 3.05) is 42.9 Å². The average Bonchev–Trinajstić information content (AvgIpc) is 3.58. The Morgan fingerprint density at radius 2 is 1.79 bits per heavy atom. The van der Waals surface area contributed by atoms with Gasteiger partial charge in [0, 0.05) is 43.6 Å². The number of nitrogens with one attached hydrogen (secondary N) is 1. The Bertz CT molecular complexity index is 1360. The van der Waals surface area contributed by atoms with E-state index in [1.807, 2.05) is 12.1 Å². The van der Waals surface area contributed by atoms with Crippen LogP contribution in [0.3, 0.4) is 0 Å². The summed E-state index contributed by atoms with van der Waals surface area (Å²) in [6.07, 6.45) is 5.79. The van der Waals surface area contributed by atoms with Crippen molar-refractivity contribution in [2.24, 2.45) is 0 Å². The maximum absolute atomic E-state index is 13.2. The lowest BCUT2D eigenvalue weighted by atomic mass is 10.2. The Kier molecular flexibility index (Phi) is 5.33. The van der Waals surface area contributed by atoms with E-state index >= 15 is 0 Å². The Morgan fingerprint density at radius 3 is 2.53 bits per heavy atom. The second kappa shape index (κ2) is 8.64. The zero-order valence-electron chi connectivity index (χ0n) is 19.3. The lowest BCUT2D eigenvalue weighted by Gasteiger charge is -2.35. The summed E-state index contributed by atoms with van der Waals surface area (Å²) in [6, 6.07) is 8.45. The van der Waals surface area contributed by atoms with Crippen LogP contribution in [0.15, 0.2) is 35.3 Å². The first-order chi connectivity index (χ1) is 16.7. The third-order valence-corrected chi connectivity index (χ3v) is 7.08. The molecule has 0 atom stereocenters. The molecular formula is C23H28N10O. The minimum absolute atomic E-state index is 0.104. The van der Waals surface area contributed by atoms with Gasteiger partial charge in [-0.3, -0.25) is 9.36 Å². The Morgan fingerprint density at radius 1 is 1.03 bits per heavy atom. The largest absolute Gasteiger partial charge is 0.369 e. The molecule has 2 fully saturated rings. The van der Waals surface area contributed by atoms with Crippen LogP contribution in [0.25, 0.3) is 16.8 Å². The van der Waals surface area contributed by atoms with Crippen molar-refractivity contribution >= 4 is 34.1 Å². The Hall–Kier alpha value is -3.60. The highest BCUT2D eigenvalue weighted by Crippen LogP contribution is 2.30. The fourth-order valence-electron chi connectivity index (χ4n) is 5.15. The molecule has 176 valence electrons. The van der Waals surface area contributed by atoms with Gasteiger partial charge in [0.1, 0.15) is 5.52 Å². The van der Waals surface area contributed by atoms with Gasteiger partial charge in [0.15, 0.2) is 5.65 Å². The van der Waals surface area contributed by atoms with Crippen molar-refractivity contribution in [3.8, 4) is 0 Å². The molecule has 0 bridgehead atoms. The molecule has 11 heteroatoms. The van der Waals surface area contributed by atoms with Gasteiger partial charge in [-0.1, -0.05) is 19.8 Å². The molecule has 3 aromatic heterocycles. The molecule has 4 aromatic rings. The van der Waals surface area contributed by atoms with Gasteiger partial charge in [-0.25, -0.2) is 4.98 Å². The van der Waals surface area contributed by atoms with E-state index in [4.69, 9.17) is 4.98 Å². The predicted molar refractivity (Wildman–Crippen MR) is 130 cm³/mol. The average molecular weight is 461 g/mol. The fourth-order valence-corrected chi connectivity index (χ4v) is 5.15. The summed E-state index contributed by atoms with van der Waals surface area (Å²) in [6.45, 7) is 7.59. The molecule has 0 radical (unpaired) electrons. The first-order valence-corrected chi connectivity index (χ1v) is 12.0. The van der Waals surface area contributed by atoms with Gasteiger partial charge in [-0.2, -0.15) is 9.50 Å². The molecule has 0 unspecified atom stereocenters. The number of anilines is 3. The number of benzene rings is 1. The molecule has 0 spiro atoms. The van der Waals surface area contributed by atoms with Crippen LogP contribution in [0.1, 0.15) is 38.6 Å². The molecule has 11 nitrogen and oxygen atoms in total. The summed E-state index contributed by atoms with van der Waals surface area (Å²) < 4.78 is 3.19. The summed E-state index contributed by atoms with van der Waals surface area (Å²) >= 11 is 0. The van der Waals surface area contributed by atoms with Crippen LogP contribution < -0.4 is 15.8 Å². The van der Waals surface area contributed by atoms with Crippen LogP contribution in [0.2, 0.25) is 0 Å². The highest BCUT2D eigenvalue weighted by atomic mass is 16.1. The molecule has 4 heterocycles. The quantitative estimate of drug-likeness (QED) is 0.479. The number of tetrazole rings is 1. The lowest BCUT2D eigenvalue weighted by Crippen LogP contribution is -2.46. The lowest BCUT2D eigenvalue weighted by molar-refractivity contribution is 0.271. The van der Waals surface area contributed by atoms with Crippen molar-refractivity contribution in [3.05, 3.63) is 40.8 Å². The third-order valence-electron chi connectivity index (χ3n) is 7.08. The molecule has 1 saturated heterocycles. The van der Waals surface area contributed by atoms with Gasteiger partial charge >= 0.3 is 0 Å².